The zero-order valence-electron chi connectivity index (χ0n) is 7.93. The van der Waals surface area contributed by atoms with Gasteiger partial charge in [0.25, 0.3) is 0 Å². The molecule has 0 saturated carbocycles. The van der Waals surface area contributed by atoms with E-state index < -0.39 is 0 Å². The Balaban J connectivity index is 2.72. The molecule has 0 amide bonds. The Bertz CT molecular complexity index is 233. The van der Waals surface area contributed by atoms with Crippen LogP contribution in [0, 0.1) is 6.92 Å². The first-order valence-electron chi connectivity index (χ1n) is 4.58. The summed E-state index contributed by atoms with van der Waals surface area (Å²) in [6.45, 7) is 4.30. The van der Waals surface area contributed by atoms with Crippen LogP contribution in [0.25, 0.3) is 0 Å². The predicted octanol–water partition coefficient (Wildman–Crippen LogP) is 2.92. The molecule has 0 radical (unpaired) electrons. The normalized spacial score (nSPS) is 10.2. The lowest BCUT2D eigenvalue weighted by Crippen LogP contribution is -1.91. The summed E-state index contributed by atoms with van der Waals surface area (Å²) in [6, 6.07) is 6.30. The van der Waals surface area contributed by atoms with E-state index in [2.05, 4.69) is 26.0 Å². The number of unbranched alkanes of at least 4 members (excludes halogenated alkanes) is 1. The molecule has 0 aliphatic heterocycles. The molecule has 0 aliphatic rings. The molecule has 1 aromatic rings. The largest absolute Gasteiger partial charge is 0.399 e. The molecule has 0 aliphatic carbocycles. The van der Waals surface area contributed by atoms with Crippen LogP contribution in [-0.4, -0.2) is 0 Å². The van der Waals surface area contributed by atoms with Crippen molar-refractivity contribution in [2.45, 2.75) is 33.1 Å². The molecule has 0 saturated heterocycles. The van der Waals surface area contributed by atoms with Crippen molar-refractivity contribution in [2.75, 3.05) is 5.73 Å². The monoisotopic (exact) mass is 163 g/mol. The summed E-state index contributed by atoms with van der Waals surface area (Å²) >= 11 is 0. The van der Waals surface area contributed by atoms with Crippen molar-refractivity contribution < 1.29 is 0 Å². The second-order valence-corrected chi connectivity index (χ2v) is 3.36. The van der Waals surface area contributed by atoms with E-state index in [4.69, 9.17) is 5.73 Å². The van der Waals surface area contributed by atoms with Gasteiger partial charge in [-0.05, 0) is 43.0 Å². The van der Waals surface area contributed by atoms with Gasteiger partial charge < -0.3 is 5.73 Å². The topological polar surface area (TPSA) is 26.0 Å². The van der Waals surface area contributed by atoms with E-state index in [9.17, 15) is 0 Å². The molecule has 0 unspecified atom stereocenters. The van der Waals surface area contributed by atoms with E-state index in [1.807, 2.05) is 6.07 Å². The van der Waals surface area contributed by atoms with Gasteiger partial charge in [0, 0.05) is 5.69 Å². The highest BCUT2D eigenvalue weighted by Crippen LogP contribution is 2.13. The molecule has 0 heterocycles. The lowest BCUT2D eigenvalue weighted by molar-refractivity contribution is 0.795. The maximum absolute atomic E-state index is 5.73. The van der Waals surface area contributed by atoms with Crippen molar-refractivity contribution in [2.24, 2.45) is 0 Å². The third-order valence-corrected chi connectivity index (χ3v) is 1.98. The Labute approximate surface area is 74.6 Å². The molecule has 0 aromatic heterocycles. The van der Waals surface area contributed by atoms with Crippen molar-refractivity contribution in [1.82, 2.24) is 0 Å². The summed E-state index contributed by atoms with van der Waals surface area (Å²) in [6.07, 6.45) is 3.65. The molecule has 0 atom stereocenters. The molecular weight excluding hydrogens is 146 g/mol. The van der Waals surface area contributed by atoms with Crippen LogP contribution in [0.3, 0.4) is 0 Å². The first-order valence-corrected chi connectivity index (χ1v) is 4.58. The van der Waals surface area contributed by atoms with Crippen LogP contribution in [0.4, 0.5) is 5.69 Å². The highest BCUT2D eigenvalue weighted by molar-refractivity contribution is 5.44. The third kappa shape index (κ3) is 2.57. The van der Waals surface area contributed by atoms with Crippen LogP contribution in [0.5, 0.6) is 0 Å². The number of nitrogens with two attached hydrogens (primary N) is 1. The van der Waals surface area contributed by atoms with Crippen LogP contribution in [0.2, 0.25) is 0 Å². The predicted molar refractivity (Wildman–Crippen MR) is 54.2 cm³/mol. The average molecular weight is 163 g/mol. The van der Waals surface area contributed by atoms with E-state index in [0.717, 1.165) is 12.1 Å². The van der Waals surface area contributed by atoms with Gasteiger partial charge in [-0.1, -0.05) is 19.4 Å². The van der Waals surface area contributed by atoms with E-state index in [1.54, 1.807) is 0 Å². The second kappa shape index (κ2) is 4.15. The Morgan fingerprint density at radius 1 is 1.25 bits per heavy atom. The molecule has 0 bridgehead atoms. The van der Waals surface area contributed by atoms with Crippen LogP contribution < -0.4 is 5.73 Å². The van der Waals surface area contributed by atoms with Gasteiger partial charge in [-0.25, -0.2) is 0 Å². The number of benzene rings is 1. The quantitative estimate of drug-likeness (QED) is 0.681. The Morgan fingerprint density at radius 2 is 2.00 bits per heavy atom. The van der Waals surface area contributed by atoms with E-state index in [0.29, 0.717) is 0 Å². The van der Waals surface area contributed by atoms with Crippen LogP contribution in [0.1, 0.15) is 30.9 Å². The van der Waals surface area contributed by atoms with Crippen LogP contribution in [0.15, 0.2) is 18.2 Å². The lowest BCUT2D eigenvalue weighted by atomic mass is 10.1. The summed E-state index contributed by atoms with van der Waals surface area (Å²) in [5, 5.41) is 0. The highest BCUT2D eigenvalue weighted by atomic mass is 14.5. The van der Waals surface area contributed by atoms with Gasteiger partial charge in [0.15, 0.2) is 0 Å². The van der Waals surface area contributed by atoms with Crippen molar-refractivity contribution in [3.05, 3.63) is 29.3 Å². The Kier molecular flexibility index (Phi) is 3.15. The SMILES string of the molecule is CCCCc1cc(C)cc(N)c1. The van der Waals surface area contributed by atoms with Gasteiger partial charge in [0.2, 0.25) is 0 Å². The molecule has 1 heteroatoms. The van der Waals surface area contributed by atoms with Gasteiger partial charge in [-0.15, -0.1) is 0 Å². The summed E-state index contributed by atoms with van der Waals surface area (Å²) < 4.78 is 0. The number of aryl methyl sites for hydroxylation is 2. The fourth-order valence-electron chi connectivity index (χ4n) is 1.42. The van der Waals surface area contributed by atoms with Gasteiger partial charge in [0.1, 0.15) is 0 Å². The Morgan fingerprint density at radius 3 is 2.58 bits per heavy atom. The number of anilines is 1. The third-order valence-electron chi connectivity index (χ3n) is 1.98. The fraction of sp³-hybridized carbons (Fsp3) is 0.455. The van der Waals surface area contributed by atoms with Gasteiger partial charge in [-0.3, -0.25) is 0 Å². The van der Waals surface area contributed by atoms with Crippen molar-refractivity contribution in [3.63, 3.8) is 0 Å². The lowest BCUT2D eigenvalue weighted by Gasteiger charge is -2.03. The molecule has 0 spiro atoms. The molecule has 66 valence electrons. The minimum absolute atomic E-state index is 0.890. The average Bonchev–Trinajstić information content (AvgIpc) is 1.99. The maximum atomic E-state index is 5.73. The molecule has 1 nitrogen and oxygen atoms in total. The standard InChI is InChI=1S/C11H17N/c1-3-4-5-10-6-9(2)7-11(12)8-10/h6-8H,3-5,12H2,1-2H3. The number of nitrogen functional groups attached to an aromatic ring is 1. The van der Waals surface area contributed by atoms with Gasteiger partial charge >= 0.3 is 0 Å². The number of hydrogen-bond donors (Lipinski definition) is 1. The molecule has 2 N–H and O–H groups in total. The molecule has 1 rings (SSSR count). The van der Waals surface area contributed by atoms with Gasteiger partial charge in [-0.2, -0.15) is 0 Å². The van der Waals surface area contributed by atoms with Crippen LogP contribution in [-0.2, 0) is 6.42 Å². The molecular formula is C11H17N. The number of rotatable bonds is 3. The van der Waals surface area contributed by atoms with Crippen molar-refractivity contribution >= 4 is 5.69 Å². The van der Waals surface area contributed by atoms with E-state index >= 15 is 0 Å². The Hall–Kier alpha value is -0.980. The fourth-order valence-corrected chi connectivity index (χ4v) is 1.42. The minimum atomic E-state index is 0.890. The zero-order valence-corrected chi connectivity index (χ0v) is 7.93. The van der Waals surface area contributed by atoms with E-state index in [-0.39, 0.29) is 0 Å². The molecule has 0 fully saturated rings. The molecule has 1 aromatic carbocycles. The van der Waals surface area contributed by atoms with E-state index in [1.165, 1.54) is 24.0 Å². The zero-order chi connectivity index (χ0) is 8.97. The highest BCUT2D eigenvalue weighted by Gasteiger charge is 1.95. The van der Waals surface area contributed by atoms with Gasteiger partial charge in [0.05, 0.1) is 0 Å². The van der Waals surface area contributed by atoms with Crippen molar-refractivity contribution in [1.29, 1.82) is 0 Å². The first-order chi connectivity index (χ1) is 5.72. The molecule has 12 heavy (non-hydrogen) atoms. The summed E-state index contributed by atoms with van der Waals surface area (Å²) in [5.41, 5.74) is 9.26. The maximum Gasteiger partial charge on any atom is 0.0319 e. The smallest absolute Gasteiger partial charge is 0.0319 e. The second-order valence-electron chi connectivity index (χ2n) is 3.36. The summed E-state index contributed by atoms with van der Waals surface area (Å²) in [5.74, 6) is 0. The number of hydrogen-bond acceptors (Lipinski definition) is 1. The minimum Gasteiger partial charge on any atom is -0.399 e. The summed E-state index contributed by atoms with van der Waals surface area (Å²) in [7, 11) is 0. The summed E-state index contributed by atoms with van der Waals surface area (Å²) in [4.78, 5) is 0. The van der Waals surface area contributed by atoms with Crippen molar-refractivity contribution in [3.8, 4) is 0 Å². The van der Waals surface area contributed by atoms with Crippen LogP contribution >= 0.6 is 0 Å². The first kappa shape index (κ1) is 9.11.